The van der Waals surface area contributed by atoms with E-state index in [2.05, 4.69) is 22.9 Å². The van der Waals surface area contributed by atoms with Gasteiger partial charge in [-0.3, -0.25) is 0 Å². The molecule has 1 fully saturated rings. The maximum atomic E-state index is 11.2. The maximum Gasteiger partial charge on any atom is 0.352 e. The van der Waals surface area contributed by atoms with E-state index in [1.807, 2.05) is 10.8 Å². The minimum Gasteiger partial charge on any atom is -0.477 e. The number of carbonyl (C=O) groups is 1. The van der Waals surface area contributed by atoms with Crippen LogP contribution in [0, 0.1) is 5.92 Å². The summed E-state index contributed by atoms with van der Waals surface area (Å²) in [5, 5.41) is 9.17. The Morgan fingerprint density at radius 3 is 2.65 bits per heavy atom. The average Bonchev–Trinajstić information content (AvgIpc) is 2.72. The Balaban J connectivity index is 2.15. The van der Waals surface area contributed by atoms with Crippen molar-refractivity contribution in [3.63, 3.8) is 0 Å². The van der Waals surface area contributed by atoms with Gasteiger partial charge in [-0.1, -0.05) is 13.3 Å². The van der Waals surface area contributed by atoms with Crippen LogP contribution in [0.5, 0.6) is 0 Å². The van der Waals surface area contributed by atoms with E-state index in [9.17, 15) is 4.79 Å². The third-order valence-corrected chi connectivity index (χ3v) is 4.26. The molecule has 0 aliphatic heterocycles. The van der Waals surface area contributed by atoms with E-state index >= 15 is 0 Å². The van der Waals surface area contributed by atoms with Crippen LogP contribution in [0.4, 0.5) is 0 Å². The fourth-order valence-corrected chi connectivity index (χ4v) is 3.19. The van der Waals surface area contributed by atoms with Gasteiger partial charge in [0, 0.05) is 16.7 Å². The minimum absolute atomic E-state index is 0.357. The SMILES string of the molecule is CCC1CCC(n2cc(Br)cc2C(=O)O)CC1. The van der Waals surface area contributed by atoms with Gasteiger partial charge in [0.25, 0.3) is 0 Å². The molecule has 1 aliphatic rings. The smallest absolute Gasteiger partial charge is 0.352 e. The summed E-state index contributed by atoms with van der Waals surface area (Å²) in [4.78, 5) is 11.2. The van der Waals surface area contributed by atoms with Gasteiger partial charge in [-0.25, -0.2) is 4.79 Å². The highest BCUT2D eigenvalue weighted by molar-refractivity contribution is 9.10. The molecule has 1 N–H and O–H groups in total. The molecule has 94 valence electrons. The van der Waals surface area contributed by atoms with Crippen molar-refractivity contribution < 1.29 is 9.90 Å². The van der Waals surface area contributed by atoms with Crippen LogP contribution in [0.1, 0.15) is 55.6 Å². The van der Waals surface area contributed by atoms with E-state index in [-0.39, 0.29) is 0 Å². The number of aromatic carboxylic acids is 1. The molecule has 17 heavy (non-hydrogen) atoms. The number of aromatic nitrogens is 1. The van der Waals surface area contributed by atoms with Crippen LogP contribution in [0.25, 0.3) is 0 Å². The molecule has 1 aromatic rings. The monoisotopic (exact) mass is 299 g/mol. The average molecular weight is 300 g/mol. The van der Waals surface area contributed by atoms with Gasteiger partial charge in [0.05, 0.1) is 0 Å². The van der Waals surface area contributed by atoms with Crippen molar-refractivity contribution in [2.24, 2.45) is 5.92 Å². The summed E-state index contributed by atoms with van der Waals surface area (Å²) >= 11 is 3.36. The van der Waals surface area contributed by atoms with Crippen LogP contribution in [-0.4, -0.2) is 15.6 Å². The summed E-state index contributed by atoms with van der Waals surface area (Å²) in [6.45, 7) is 2.24. The molecule has 1 aliphatic carbocycles. The Hall–Kier alpha value is -0.770. The van der Waals surface area contributed by atoms with Gasteiger partial charge in [-0.05, 0) is 53.6 Å². The van der Waals surface area contributed by atoms with E-state index in [1.165, 1.54) is 19.3 Å². The van der Waals surface area contributed by atoms with Crippen molar-refractivity contribution in [1.29, 1.82) is 0 Å². The highest BCUT2D eigenvalue weighted by atomic mass is 79.9. The largest absolute Gasteiger partial charge is 0.477 e. The van der Waals surface area contributed by atoms with Crippen molar-refractivity contribution >= 4 is 21.9 Å². The molecular weight excluding hydrogens is 282 g/mol. The van der Waals surface area contributed by atoms with Gasteiger partial charge in [0.1, 0.15) is 5.69 Å². The molecule has 4 heteroatoms. The Kier molecular flexibility index (Phi) is 3.92. The maximum absolute atomic E-state index is 11.2. The number of hydrogen-bond donors (Lipinski definition) is 1. The van der Waals surface area contributed by atoms with E-state index in [1.54, 1.807) is 6.07 Å². The molecule has 3 nitrogen and oxygen atoms in total. The molecule has 1 saturated carbocycles. The Bertz CT molecular complexity index is 406. The fraction of sp³-hybridized carbons (Fsp3) is 0.615. The van der Waals surface area contributed by atoms with Gasteiger partial charge in [0.2, 0.25) is 0 Å². The predicted molar refractivity (Wildman–Crippen MR) is 70.4 cm³/mol. The number of carboxylic acid groups (broad SMARTS) is 1. The summed E-state index contributed by atoms with van der Waals surface area (Å²) in [7, 11) is 0. The molecular formula is C13H18BrNO2. The molecule has 0 spiro atoms. The first kappa shape index (κ1) is 12.7. The Labute approximate surface area is 110 Å². The Morgan fingerprint density at radius 2 is 2.12 bits per heavy atom. The first-order valence-corrected chi connectivity index (χ1v) is 7.01. The zero-order valence-corrected chi connectivity index (χ0v) is 11.6. The summed E-state index contributed by atoms with van der Waals surface area (Å²) in [6, 6.07) is 2.05. The first-order valence-electron chi connectivity index (χ1n) is 6.22. The molecule has 0 atom stereocenters. The summed E-state index contributed by atoms with van der Waals surface area (Å²) in [5.41, 5.74) is 0.400. The molecule has 0 aromatic carbocycles. The lowest BCUT2D eigenvalue weighted by atomic mass is 9.84. The van der Waals surface area contributed by atoms with Crippen LogP contribution in [0.3, 0.4) is 0 Å². The Morgan fingerprint density at radius 1 is 1.47 bits per heavy atom. The molecule has 1 heterocycles. The molecule has 0 saturated heterocycles. The number of carboxylic acids is 1. The van der Waals surface area contributed by atoms with E-state index in [0.717, 1.165) is 23.2 Å². The minimum atomic E-state index is -0.840. The van der Waals surface area contributed by atoms with Crippen LogP contribution < -0.4 is 0 Å². The lowest BCUT2D eigenvalue weighted by molar-refractivity contribution is 0.0680. The second kappa shape index (κ2) is 5.25. The highest BCUT2D eigenvalue weighted by Crippen LogP contribution is 2.35. The number of rotatable bonds is 3. The van der Waals surface area contributed by atoms with Crippen molar-refractivity contribution in [2.75, 3.05) is 0 Å². The zero-order valence-electron chi connectivity index (χ0n) is 10.0. The lowest BCUT2D eigenvalue weighted by Crippen LogP contribution is -2.20. The highest BCUT2D eigenvalue weighted by Gasteiger charge is 2.24. The molecule has 0 amide bonds. The molecule has 0 unspecified atom stereocenters. The molecule has 1 aromatic heterocycles. The summed E-state index contributed by atoms with van der Waals surface area (Å²) in [6.07, 6.45) is 7.78. The van der Waals surface area contributed by atoms with E-state index in [4.69, 9.17) is 5.11 Å². The standard InChI is InChI=1S/C13H18BrNO2/c1-2-9-3-5-11(6-4-9)15-8-10(14)7-12(15)13(16)17/h7-9,11H,2-6H2,1H3,(H,16,17). The normalized spacial score (nSPS) is 24.8. The van der Waals surface area contributed by atoms with Crippen molar-refractivity contribution in [3.05, 3.63) is 22.4 Å². The summed E-state index contributed by atoms with van der Waals surface area (Å²) in [5.74, 6) is -0.00755. The number of nitrogens with zero attached hydrogens (tertiary/aromatic N) is 1. The van der Waals surface area contributed by atoms with E-state index in [0.29, 0.717) is 11.7 Å². The molecule has 0 bridgehead atoms. The third kappa shape index (κ3) is 2.73. The van der Waals surface area contributed by atoms with Gasteiger partial charge in [-0.2, -0.15) is 0 Å². The van der Waals surface area contributed by atoms with Crippen LogP contribution in [0.15, 0.2) is 16.7 Å². The predicted octanol–water partition coefficient (Wildman–Crippen LogP) is 4.09. The summed E-state index contributed by atoms with van der Waals surface area (Å²) < 4.78 is 2.78. The van der Waals surface area contributed by atoms with Crippen molar-refractivity contribution in [1.82, 2.24) is 4.57 Å². The van der Waals surface area contributed by atoms with E-state index < -0.39 is 5.97 Å². The van der Waals surface area contributed by atoms with Crippen LogP contribution >= 0.6 is 15.9 Å². The molecule has 2 rings (SSSR count). The second-order valence-corrected chi connectivity index (χ2v) is 5.75. The van der Waals surface area contributed by atoms with Crippen LogP contribution in [0.2, 0.25) is 0 Å². The lowest BCUT2D eigenvalue weighted by Gasteiger charge is -2.29. The van der Waals surface area contributed by atoms with Crippen molar-refractivity contribution in [2.45, 2.75) is 45.1 Å². The van der Waals surface area contributed by atoms with Gasteiger partial charge in [-0.15, -0.1) is 0 Å². The quantitative estimate of drug-likeness (QED) is 0.913. The molecule has 0 radical (unpaired) electrons. The fourth-order valence-electron chi connectivity index (χ4n) is 2.75. The zero-order chi connectivity index (χ0) is 12.4. The topological polar surface area (TPSA) is 42.2 Å². The second-order valence-electron chi connectivity index (χ2n) is 4.84. The number of halogens is 1. The van der Waals surface area contributed by atoms with Crippen LogP contribution in [-0.2, 0) is 0 Å². The van der Waals surface area contributed by atoms with Crippen molar-refractivity contribution in [3.8, 4) is 0 Å². The third-order valence-electron chi connectivity index (χ3n) is 3.82. The van der Waals surface area contributed by atoms with Gasteiger partial charge < -0.3 is 9.67 Å². The number of hydrogen-bond acceptors (Lipinski definition) is 1. The van der Waals surface area contributed by atoms with Gasteiger partial charge >= 0.3 is 5.97 Å². The first-order chi connectivity index (χ1) is 8.11. The van der Waals surface area contributed by atoms with Gasteiger partial charge in [0.15, 0.2) is 0 Å².